The predicted octanol–water partition coefficient (Wildman–Crippen LogP) is 0.801. The fourth-order valence-corrected chi connectivity index (χ4v) is 2.65. The van der Waals surface area contributed by atoms with Gasteiger partial charge in [0.25, 0.3) is 0 Å². The van der Waals surface area contributed by atoms with E-state index in [2.05, 4.69) is 10.4 Å². The van der Waals surface area contributed by atoms with Crippen LogP contribution in [0.4, 0.5) is 0 Å². The molecule has 88 valence electrons. The summed E-state index contributed by atoms with van der Waals surface area (Å²) in [7, 11) is 0. The predicted molar refractivity (Wildman–Crippen MR) is 64.3 cm³/mol. The molecule has 1 aromatic rings. The summed E-state index contributed by atoms with van der Waals surface area (Å²) in [5.74, 6) is 0.590. The van der Waals surface area contributed by atoms with Crippen LogP contribution in [-0.4, -0.2) is 35.4 Å². The highest BCUT2D eigenvalue weighted by Crippen LogP contribution is 2.17. The van der Waals surface area contributed by atoms with Gasteiger partial charge in [-0.25, -0.2) is 4.98 Å². The molecule has 5 heteroatoms. The summed E-state index contributed by atoms with van der Waals surface area (Å²) in [5.41, 5.74) is 6.67. The lowest BCUT2D eigenvalue weighted by molar-refractivity contribution is -0.127. The van der Waals surface area contributed by atoms with Crippen LogP contribution in [-0.2, 0) is 11.2 Å². The quantitative estimate of drug-likeness (QED) is 0.845. The fourth-order valence-electron chi connectivity index (χ4n) is 2.00. The number of thiazole rings is 1. The monoisotopic (exact) mass is 239 g/mol. The molecule has 1 aliphatic rings. The molecule has 1 amide bonds. The van der Waals surface area contributed by atoms with E-state index in [1.54, 1.807) is 11.3 Å². The minimum absolute atomic E-state index is 0.238. The average Bonchev–Trinajstić information content (AvgIpc) is 2.82. The van der Waals surface area contributed by atoms with Crippen molar-refractivity contribution in [2.24, 2.45) is 11.7 Å². The molecule has 0 aliphatic carbocycles. The summed E-state index contributed by atoms with van der Waals surface area (Å²) in [5, 5.41) is 3.15. The van der Waals surface area contributed by atoms with Crippen LogP contribution < -0.4 is 5.73 Å². The molecular weight excluding hydrogens is 222 g/mol. The van der Waals surface area contributed by atoms with Gasteiger partial charge in [0, 0.05) is 31.3 Å². The van der Waals surface area contributed by atoms with Crippen molar-refractivity contribution in [1.29, 1.82) is 0 Å². The molecule has 1 aromatic heterocycles. The van der Waals surface area contributed by atoms with Gasteiger partial charge < -0.3 is 10.6 Å². The maximum Gasteiger partial charge on any atom is 0.222 e. The van der Waals surface area contributed by atoms with Gasteiger partial charge in [0.05, 0.1) is 10.7 Å². The molecule has 4 nitrogen and oxygen atoms in total. The van der Waals surface area contributed by atoms with Crippen molar-refractivity contribution < 1.29 is 4.79 Å². The number of hydrogen-bond acceptors (Lipinski definition) is 4. The number of rotatable bonds is 4. The van der Waals surface area contributed by atoms with E-state index >= 15 is 0 Å². The SMILES string of the molecule is Cc1nc(CCN2CC(CN)CC2=O)cs1. The maximum absolute atomic E-state index is 11.6. The van der Waals surface area contributed by atoms with Gasteiger partial charge >= 0.3 is 0 Å². The van der Waals surface area contributed by atoms with Gasteiger partial charge in [0.1, 0.15) is 0 Å². The van der Waals surface area contributed by atoms with Gasteiger partial charge in [0.2, 0.25) is 5.91 Å². The molecule has 0 spiro atoms. The topological polar surface area (TPSA) is 59.2 Å². The van der Waals surface area contributed by atoms with Crippen LogP contribution in [0.15, 0.2) is 5.38 Å². The molecule has 1 atom stereocenters. The Morgan fingerprint density at radius 2 is 2.50 bits per heavy atom. The van der Waals surface area contributed by atoms with Crippen molar-refractivity contribution in [3.05, 3.63) is 16.1 Å². The van der Waals surface area contributed by atoms with Crippen molar-refractivity contribution in [3.8, 4) is 0 Å². The Balaban J connectivity index is 1.84. The molecule has 1 saturated heterocycles. The van der Waals surface area contributed by atoms with Crippen LogP contribution in [0.25, 0.3) is 0 Å². The minimum atomic E-state index is 0.238. The molecule has 16 heavy (non-hydrogen) atoms. The van der Waals surface area contributed by atoms with Crippen molar-refractivity contribution in [2.75, 3.05) is 19.6 Å². The summed E-state index contributed by atoms with van der Waals surface area (Å²) < 4.78 is 0. The fraction of sp³-hybridized carbons (Fsp3) is 0.636. The van der Waals surface area contributed by atoms with E-state index in [-0.39, 0.29) is 5.91 Å². The molecule has 0 radical (unpaired) electrons. The lowest BCUT2D eigenvalue weighted by Crippen LogP contribution is -2.28. The molecule has 2 rings (SSSR count). The zero-order valence-corrected chi connectivity index (χ0v) is 10.3. The number of carbonyl (C=O) groups is 1. The highest BCUT2D eigenvalue weighted by atomic mass is 32.1. The van der Waals surface area contributed by atoms with Crippen molar-refractivity contribution >= 4 is 17.2 Å². The average molecular weight is 239 g/mol. The van der Waals surface area contributed by atoms with Crippen LogP contribution in [0.1, 0.15) is 17.1 Å². The maximum atomic E-state index is 11.6. The van der Waals surface area contributed by atoms with Crippen LogP contribution in [0, 0.1) is 12.8 Å². The molecule has 0 bridgehead atoms. The highest BCUT2D eigenvalue weighted by Gasteiger charge is 2.27. The minimum Gasteiger partial charge on any atom is -0.342 e. The molecule has 2 heterocycles. The van der Waals surface area contributed by atoms with Crippen LogP contribution in [0.2, 0.25) is 0 Å². The van der Waals surface area contributed by atoms with Crippen molar-refractivity contribution in [2.45, 2.75) is 19.8 Å². The molecule has 1 aliphatic heterocycles. The zero-order valence-electron chi connectivity index (χ0n) is 9.48. The standard InChI is InChI=1S/C11H17N3OS/c1-8-13-10(7-16-8)2-3-14-6-9(5-12)4-11(14)15/h7,9H,2-6,12H2,1H3. The van der Waals surface area contributed by atoms with E-state index in [9.17, 15) is 4.79 Å². The van der Waals surface area contributed by atoms with E-state index in [1.807, 2.05) is 11.8 Å². The normalized spacial score (nSPS) is 20.8. The number of nitrogens with zero attached hydrogens (tertiary/aromatic N) is 2. The van der Waals surface area contributed by atoms with Crippen molar-refractivity contribution in [1.82, 2.24) is 9.88 Å². The van der Waals surface area contributed by atoms with E-state index < -0.39 is 0 Å². The number of hydrogen-bond donors (Lipinski definition) is 1. The summed E-state index contributed by atoms with van der Waals surface area (Å²) >= 11 is 1.66. The van der Waals surface area contributed by atoms with Gasteiger partial charge in [0.15, 0.2) is 0 Å². The van der Waals surface area contributed by atoms with Crippen molar-refractivity contribution in [3.63, 3.8) is 0 Å². The van der Waals surface area contributed by atoms with Crippen LogP contribution in [0.5, 0.6) is 0 Å². The van der Waals surface area contributed by atoms with E-state index in [0.29, 0.717) is 18.9 Å². The Hall–Kier alpha value is -0.940. The summed E-state index contributed by atoms with van der Waals surface area (Å²) in [6.45, 7) is 4.20. The largest absolute Gasteiger partial charge is 0.342 e. The molecule has 0 saturated carbocycles. The Morgan fingerprint density at radius 1 is 1.69 bits per heavy atom. The number of nitrogens with two attached hydrogens (primary N) is 1. The molecule has 0 aromatic carbocycles. The number of likely N-dealkylation sites (tertiary alicyclic amines) is 1. The lowest BCUT2D eigenvalue weighted by Gasteiger charge is -2.15. The number of aryl methyl sites for hydroxylation is 1. The first-order valence-electron chi connectivity index (χ1n) is 5.58. The number of carbonyl (C=O) groups excluding carboxylic acids is 1. The second-order valence-electron chi connectivity index (χ2n) is 4.25. The second-order valence-corrected chi connectivity index (χ2v) is 5.32. The Kier molecular flexibility index (Phi) is 3.56. The van der Waals surface area contributed by atoms with Gasteiger partial charge in [-0.2, -0.15) is 0 Å². The molecule has 1 fully saturated rings. The summed E-state index contributed by atoms with van der Waals surface area (Å²) in [4.78, 5) is 17.9. The van der Waals surface area contributed by atoms with E-state index in [0.717, 1.165) is 30.2 Å². The Bertz CT molecular complexity index is 377. The molecule has 2 N–H and O–H groups in total. The van der Waals surface area contributed by atoms with Gasteiger partial charge in [-0.15, -0.1) is 11.3 Å². The summed E-state index contributed by atoms with van der Waals surface area (Å²) in [6, 6.07) is 0. The Labute approximate surface area is 99.5 Å². The zero-order chi connectivity index (χ0) is 11.5. The third kappa shape index (κ3) is 2.59. The number of aromatic nitrogens is 1. The molecular formula is C11H17N3OS. The van der Waals surface area contributed by atoms with Gasteiger partial charge in [-0.1, -0.05) is 0 Å². The first-order valence-corrected chi connectivity index (χ1v) is 6.46. The molecule has 1 unspecified atom stereocenters. The van der Waals surface area contributed by atoms with Crippen LogP contribution >= 0.6 is 11.3 Å². The third-order valence-corrected chi connectivity index (χ3v) is 3.75. The third-order valence-electron chi connectivity index (χ3n) is 2.93. The first kappa shape index (κ1) is 11.5. The van der Waals surface area contributed by atoms with E-state index in [4.69, 9.17) is 5.73 Å². The first-order chi connectivity index (χ1) is 7.69. The number of amides is 1. The van der Waals surface area contributed by atoms with Crippen LogP contribution in [0.3, 0.4) is 0 Å². The summed E-state index contributed by atoms with van der Waals surface area (Å²) in [6.07, 6.45) is 1.47. The lowest BCUT2D eigenvalue weighted by atomic mass is 10.1. The Morgan fingerprint density at radius 3 is 3.06 bits per heavy atom. The smallest absolute Gasteiger partial charge is 0.222 e. The van der Waals surface area contributed by atoms with E-state index in [1.165, 1.54) is 0 Å². The van der Waals surface area contributed by atoms with Gasteiger partial charge in [-0.3, -0.25) is 4.79 Å². The van der Waals surface area contributed by atoms with Gasteiger partial charge in [-0.05, 0) is 19.4 Å². The highest BCUT2D eigenvalue weighted by molar-refractivity contribution is 7.09. The second kappa shape index (κ2) is 4.93.